The first-order valence-electron chi connectivity index (χ1n) is 7.94. The molecule has 3 N–H and O–H groups in total. The minimum absolute atomic E-state index is 0.0542. The highest BCUT2D eigenvalue weighted by molar-refractivity contribution is 14.1. The number of hydrogen-bond donors (Lipinski definition) is 3. The topological polar surface area (TPSA) is 70.6 Å². The number of hydroxylamine groups is 1. The van der Waals surface area contributed by atoms with E-state index in [9.17, 15) is 18.7 Å². The summed E-state index contributed by atoms with van der Waals surface area (Å²) in [6, 6.07) is 7.30. The predicted molar refractivity (Wildman–Crippen MR) is 101 cm³/mol. The number of aliphatic hydroxyl groups is 1. The van der Waals surface area contributed by atoms with Gasteiger partial charge in [-0.05, 0) is 72.2 Å². The van der Waals surface area contributed by atoms with E-state index in [1.54, 1.807) is 6.07 Å². The Balaban J connectivity index is 1.81. The highest BCUT2D eigenvalue weighted by Gasteiger charge is 2.41. The standard InChI is InChI=1S/C18H17F2IN2O3/c1-10-6-11(21)2-3-15(10)22-16-8-14(20)13(19)7-12(16)17(24)23-26-9-18(25)4-5-18/h2-3,6-8,22,25H,4-5,9H2,1H3,(H,23,24). The van der Waals surface area contributed by atoms with Crippen molar-refractivity contribution >= 4 is 39.9 Å². The summed E-state index contributed by atoms with van der Waals surface area (Å²) in [5.41, 5.74) is 2.82. The molecule has 0 spiro atoms. The maximum absolute atomic E-state index is 13.7. The van der Waals surface area contributed by atoms with Gasteiger partial charge in [-0.1, -0.05) is 0 Å². The maximum Gasteiger partial charge on any atom is 0.277 e. The average Bonchev–Trinajstić information content (AvgIpc) is 3.30. The molecule has 26 heavy (non-hydrogen) atoms. The smallest absolute Gasteiger partial charge is 0.277 e. The van der Waals surface area contributed by atoms with Gasteiger partial charge >= 0.3 is 0 Å². The van der Waals surface area contributed by atoms with Crippen LogP contribution in [-0.4, -0.2) is 23.2 Å². The van der Waals surface area contributed by atoms with Crippen LogP contribution in [0, 0.1) is 22.1 Å². The summed E-state index contributed by atoms with van der Waals surface area (Å²) in [5, 5.41) is 12.7. The number of rotatable bonds is 6. The molecule has 1 amide bonds. The SMILES string of the molecule is Cc1cc(I)ccc1Nc1cc(F)c(F)cc1C(=O)NOCC1(O)CC1. The van der Waals surface area contributed by atoms with Gasteiger partial charge in [-0.15, -0.1) is 0 Å². The van der Waals surface area contributed by atoms with Crippen LogP contribution in [0.5, 0.6) is 0 Å². The zero-order chi connectivity index (χ0) is 18.9. The number of carbonyl (C=O) groups excluding carboxylic acids is 1. The van der Waals surface area contributed by atoms with Crippen molar-refractivity contribution < 1.29 is 23.5 Å². The second kappa shape index (κ2) is 7.45. The van der Waals surface area contributed by atoms with Crippen LogP contribution in [0.15, 0.2) is 30.3 Å². The number of nitrogens with one attached hydrogen (secondary N) is 2. The molecule has 0 atom stereocenters. The fourth-order valence-corrected chi connectivity index (χ4v) is 2.98. The number of hydrogen-bond acceptors (Lipinski definition) is 4. The summed E-state index contributed by atoms with van der Waals surface area (Å²) in [4.78, 5) is 17.3. The van der Waals surface area contributed by atoms with Crippen molar-refractivity contribution in [1.29, 1.82) is 0 Å². The Labute approximate surface area is 162 Å². The van der Waals surface area contributed by atoms with Gasteiger partial charge in [0, 0.05) is 15.3 Å². The molecule has 0 heterocycles. The van der Waals surface area contributed by atoms with Crippen LogP contribution >= 0.6 is 22.6 Å². The molecule has 0 bridgehead atoms. The minimum Gasteiger partial charge on any atom is -0.387 e. The molecule has 0 saturated heterocycles. The molecule has 0 aromatic heterocycles. The maximum atomic E-state index is 13.7. The third-order valence-corrected chi connectivity index (χ3v) is 4.77. The van der Waals surface area contributed by atoms with Crippen molar-refractivity contribution in [2.24, 2.45) is 0 Å². The quantitative estimate of drug-likeness (QED) is 0.440. The van der Waals surface area contributed by atoms with Crippen molar-refractivity contribution in [3.05, 3.63) is 56.7 Å². The van der Waals surface area contributed by atoms with Crippen molar-refractivity contribution in [2.75, 3.05) is 11.9 Å². The summed E-state index contributed by atoms with van der Waals surface area (Å²) >= 11 is 2.17. The fraction of sp³-hybridized carbons (Fsp3) is 0.278. The third-order valence-electron chi connectivity index (χ3n) is 4.10. The summed E-state index contributed by atoms with van der Waals surface area (Å²) in [5.74, 6) is -2.94. The van der Waals surface area contributed by atoms with Gasteiger partial charge < -0.3 is 10.4 Å². The van der Waals surface area contributed by atoms with E-state index in [0.717, 1.165) is 21.3 Å². The van der Waals surface area contributed by atoms with Crippen LogP contribution in [0.25, 0.3) is 0 Å². The van der Waals surface area contributed by atoms with Crippen LogP contribution in [0.2, 0.25) is 0 Å². The van der Waals surface area contributed by atoms with E-state index < -0.39 is 23.1 Å². The molecular formula is C18H17F2IN2O3. The zero-order valence-electron chi connectivity index (χ0n) is 13.9. The van der Waals surface area contributed by atoms with Crippen molar-refractivity contribution in [2.45, 2.75) is 25.4 Å². The molecule has 1 fully saturated rings. The molecule has 5 nitrogen and oxygen atoms in total. The second-order valence-electron chi connectivity index (χ2n) is 6.34. The number of anilines is 2. The number of halogens is 3. The molecule has 8 heteroatoms. The molecule has 3 rings (SSSR count). The van der Waals surface area contributed by atoms with Gasteiger partial charge in [-0.25, -0.2) is 14.3 Å². The fourth-order valence-electron chi connectivity index (χ4n) is 2.33. The number of amides is 1. The number of aryl methyl sites for hydroxylation is 1. The van der Waals surface area contributed by atoms with Crippen molar-refractivity contribution in [1.82, 2.24) is 5.48 Å². The Morgan fingerprint density at radius 3 is 2.58 bits per heavy atom. The molecular weight excluding hydrogens is 457 g/mol. The van der Waals surface area contributed by atoms with Gasteiger partial charge in [0.1, 0.15) is 6.61 Å². The molecule has 0 radical (unpaired) electrons. The van der Waals surface area contributed by atoms with Crippen molar-refractivity contribution in [3.8, 4) is 0 Å². The molecule has 1 saturated carbocycles. The van der Waals surface area contributed by atoms with Gasteiger partial charge in [0.05, 0.1) is 16.9 Å². The molecule has 0 unspecified atom stereocenters. The molecule has 138 valence electrons. The monoisotopic (exact) mass is 474 g/mol. The predicted octanol–water partition coefficient (Wildman–Crippen LogP) is 3.81. The minimum atomic E-state index is -1.14. The van der Waals surface area contributed by atoms with E-state index in [4.69, 9.17) is 4.84 Å². The van der Waals surface area contributed by atoms with Crippen LogP contribution in [0.4, 0.5) is 20.2 Å². The van der Waals surface area contributed by atoms with E-state index in [-0.39, 0.29) is 17.9 Å². The van der Waals surface area contributed by atoms with Gasteiger partial charge in [-0.3, -0.25) is 9.63 Å². The van der Waals surface area contributed by atoms with E-state index >= 15 is 0 Å². The lowest BCUT2D eigenvalue weighted by Gasteiger charge is -2.15. The second-order valence-corrected chi connectivity index (χ2v) is 7.59. The van der Waals surface area contributed by atoms with Gasteiger partial charge in [0.2, 0.25) is 0 Å². The van der Waals surface area contributed by atoms with Crippen molar-refractivity contribution in [3.63, 3.8) is 0 Å². The Bertz CT molecular complexity index is 857. The van der Waals surface area contributed by atoms with Crippen LogP contribution in [0.1, 0.15) is 28.8 Å². The summed E-state index contributed by atoms with van der Waals surface area (Å²) in [6.45, 7) is 1.81. The Morgan fingerprint density at radius 2 is 1.92 bits per heavy atom. The lowest BCUT2D eigenvalue weighted by Crippen LogP contribution is -2.29. The van der Waals surface area contributed by atoms with Crippen LogP contribution in [-0.2, 0) is 4.84 Å². The summed E-state index contributed by atoms with van der Waals surface area (Å²) < 4.78 is 28.4. The number of benzene rings is 2. The Hall–Kier alpha value is -1.78. The van der Waals surface area contributed by atoms with Gasteiger partial charge in [0.15, 0.2) is 11.6 Å². The number of carbonyl (C=O) groups is 1. The lowest BCUT2D eigenvalue weighted by molar-refractivity contribution is -0.0230. The largest absolute Gasteiger partial charge is 0.387 e. The van der Waals surface area contributed by atoms with E-state index in [1.807, 2.05) is 19.1 Å². The van der Waals surface area contributed by atoms with E-state index in [0.29, 0.717) is 18.5 Å². The highest BCUT2D eigenvalue weighted by atomic mass is 127. The van der Waals surface area contributed by atoms with Crippen LogP contribution < -0.4 is 10.8 Å². The molecule has 1 aliphatic rings. The third kappa shape index (κ3) is 4.49. The first kappa shape index (κ1) is 19.0. The molecule has 0 aliphatic heterocycles. The molecule has 2 aromatic carbocycles. The summed E-state index contributed by atoms with van der Waals surface area (Å²) in [7, 11) is 0. The first-order chi connectivity index (χ1) is 12.3. The summed E-state index contributed by atoms with van der Waals surface area (Å²) in [6.07, 6.45) is 1.21. The van der Waals surface area contributed by atoms with E-state index in [1.165, 1.54) is 0 Å². The van der Waals surface area contributed by atoms with Gasteiger partial charge in [-0.2, -0.15) is 0 Å². The zero-order valence-corrected chi connectivity index (χ0v) is 16.1. The molecule has 1 aliphatic carbocycles. The first-order valence-corrected chi connectivity index (χ1v) is 9.02. The highest BCUT2D eigenvalue weighted by Crippen LogP contribution is 2.34. The lowest BCUT2D eigenvalue weighted by atomic mass is 10.1. The Kier molecular flexibility index (Phi) is 5.44. The van der Waals surface area contributed by atoms with Gasteiger partial charge in [0.25, 0.3) is 5.91 Å². The molecule has 2 aromatic rings. The van der Waals surface area contributed by atoms with E-state index in [2.05, 4.69) is 33.4 Å². The normalized spacial score (nSPS) is 14.8. The average molecular weight is 474 g/mol. The Morgan fingerprint density at radius 1 is 1.23 bits per heavy atom. The van der Waals surface area contributed by atoms with Crippen LogP contribution in [0.3, 0.4) is 0 Å².